The highest BCUT2D eigenvalue weighted by atomic mass is 32.1. The van der Waals surface area contributed by atoms with Crippen molar-refractivity contribution in [2.24, 2.45) is 17.3 Å². The molecule has 0 unspecified atom stereocenters. The van der Waals surface area contributed by atoms with Crippen LogP contribution in [0.2, 0.25) is 0 Å². The Bertz CT molecular complexity index is 2420. The molecule has 4 aromatic rings. The Morgan fingerprint density at radius 1 is 1.16 bits per heavy atom. The number of cyclic esters (lactones) is 1. The zero-order valence-electron chi connectivity index (χ0n) is 38.3. The first-order valence-corrected chi connectivity index (χ1v) is 23.2. The molecule has 15 nitrogen and oxygen atoms in total. The maximum atomic E-state index is 14.6. The van der Waals surface area contributed by atoms with Crippen LogP contribution in [-0.4, -0.2) is 117 Å². The van der Waals surface area contributed by atoms with Gasteiger partial charge in [0.1, 0.15) is 18.1 Å². The highest BCUT2D eigenvalue weighted by Gasteiger charge is 2.40. The topological polar surface area (TPSA) is 168 Å². The zero-order valence-corrected chi connectivity index (χ0v) is 39.1. The second kappa shape index (κ2) is 19.3. The molecule has 64 heavy (non-hydrogen) atoms. The zero-order chi connectivity index (χ0) is 46.0. The maximum absolute atomic E-state index is 14.6. The normalized spacial score (nSPS) is 21.3. The number of amides is 4. The molecule has 7 rings (SSSR count). The van der Waals surface area contributed by atoms with E-state index in [1.807, 2.05) is 32.2 Å². The third-order valence-electron chi connectivity index (χ3n) is 12.8. The fraction of sp³-hybridized carbons (Fsp3) is 0.521. The minimum Gasteiger partial charge on any atom is -0.464 e. The number of aromatic nitrogens is 3. The van der Waals surface area contributed by atoms with Gasteiger partial charge < -0.3 is 29.2 Å². The fourth-order valence-electron chi connectivity index (χ4n) is 9.46. The van der Waals surface area contributed by atoms with Crippen LogP contribution < -0.4 is 10.7 Å². The van der Waals surface area contributed by atoms with Crippen molar-refractivity contribution in [3.05, 3.63) is 70.8 Å². The van der Waals surface area contributed by atoms with Crippen molar-refractivity contribution in [3.8, 4) is 22.5 Å². The van der Waals surface area contributed by atoms with Gasteiger partial charge in [0.2, 0.25) is 17.7 Å². The molecule has 6 bridgehead atoms. The number of hydrogen-bond donors (Lipinski definition) is 2. The first-order chi connectivity index (χ1) is 30.5. The number of hydrazine groups is 1. The number of carbonyl (C=O) groups is 5. The Morgan fingerprint density at radius 3 is 2.66 bits per heavy atom. The monoisotopic (exact) mass is 894 g/mol. The summed E-state index contributed by atoms with van der Waals surface area (Å²) in [6.07, 6.45) is 4.90. The van der Waals surface area contributed by atoms with Gasteiger partial charge in [-0.3, -0.25) is 34.0 Å². The van der Waals surface area contributed by atoms with Crippen LogP contribution >= 0.6 is 11.3 Å². The van der Waals surface area contributed by atoms with E-state index in [0.29, 0.717) is 50.3 Å². The molecule has 2 fully saturated rings. The Labute approximate surface area is 379 Å². The van der Waals surface area contributed by atoms with Gasteiger partial charge in [0.05, 0.1) is 40.7 Å². The summed E-state index contributed by atoms with van der Waals surface area (Å²) in [5.41, 5.74) is 9.25. The number of thiazole rings is 1. The predicted octanol–water partition coefficient (Wildman–Crippen LogP) is 5.72. The van der Waals surface area contributed by atoms with E-state index in [1.165, 1.54) is 27.3 Å². The van der Waals surface area contributed by atoms with Crippen molar-refractivity contribution in [3.63, 3.8) is 0 Å². The Morgan fingerprint density at radius 2 is 1.94 bits per heavy atom. The Kier molecular flexibility index (Phi) is 14.1. The molecule has 2 N–H and O–H groups in total. The minimum atomic E-state index is -1.08. The lowest BCUT2D eigenvalue weighted by Crippen LogP contribution is -2.62. The quantitative estimate of drug-likeness (QED) is 0.149. The number of hydrogen-bond acceptors (Lipinski definition) is 11. The molecule has 3 aromatic heterocycles. The van der Waals surface area contributed by atoms with Crippen LogP contribution in [0.5, 0.6) is 0 Å². The SMILES string of the molecule is C=CC(=O)N1CC[C@H](C(=O)N(C)[C@H](C(=O)N[C@H]2Cc3nc(cs3)-c3ccc4c(c3)c(c(-c3cccnc3[C@H](C)OC)n4CC)CC(C)(C)COC(=O)[C@@H]3CCCN(N3)C2=O)C(C)C)C1. The van der Waals surface area contributed by atoms with Crippen molar-refractivity contribution in [1.29, 1.82) is 0 Å². The lowest BCUT2D eigenvalue weighted by atomic mass is 9.84. The van der Waals surface area contributed by atoms with E-state index in [4.69, 9.17) is 19.4 Å². The first kappa shape index (κ1) is 46.5. The number of methoxy groups -OCH3 is 1. The number of ether oxygens (including phenoxy) is 2. The van der Waals surface area contributed by atoms with E-state index in [0.717, 1.165) is 44.7 Å². The largest absolute Gasteiger partial charge is 0.464 e. The molecule has 6 heterocycles. The number of esters is 1. The number of carbonyl (C=O) groups excluding carboxylic acids is 5. The van der Waals surface area contributed by atoms with Gasteiger partial charge in [-0.2, -0.15) is 0 Å². The summed E-state index contributed by atoms with van der Waals surface area (Å²) in [7, 11) is 3.28. The minimum absolute atomic E-state index is 0.0752. The van der Waals surface area contributed by atoms with Gasteiger partial charge in [0.25, 0.3) is 5.91 Å². The summed E-state index contributed by atoms with van der Waals surface area (Å²) >= 11 is 1.40. The van der Waals surface area contributed by atoms with Crippen molar-refractivity contribution in [1.82, 2.24) is 40.1 Å². The number of aryl methyl sites for hydroxylation is 1. The smallest absolute Gasteiger partial charge is 0.324 e. The van der Waals surface area contributed by atoms with Gasteiger partial charge in [-0.05, 0) is 81.4 Å². The van der Waals surface area contributed by atoms with Gasteiger partial charge in [0.15, 0.2) is 0 Å². The lowest BCUT2D eigenvalue weighted by Gasteiger charge is -2.36. The van der Waals surface area contributed by atoms with E-state index >= 15 is 0 Å². The summed E-state index contributed by atoms with van der Waals surface area (Å²) in [5.74, 6) is -2.63. The van der Waals surface area contributed by atoms with E-state index < -0.39 is 47.2 Å². The molecule has 3 aliphatic heterocycles. The number of nitrogens with zero attached hydrogens (tertiary/aromatic N) is 6. The molecule has 0 spiro atoms. The molecule has 0 aliphatic carbocycles. The number of nitrogens with one attached hydrogen (secondary N) is 2. The van der Waals surface area contributed by atoms with Crippen LogP contribution in [0.25, 0.3) is 33.4 Å². The molecule has 5 atom stereocenters. The molecule has 4 amide bonds. The van der Waals surface area contributed by atoms with Gasteiger partial charge in [-0.1, -0.05) is 40.3 Å². The molecule has 3 aliphatic rings. The number of benzene rings is 1. The molecule has 1 aromatic carbocycles. The first-order valence-electron chi connectivity index (χ1n) is 22.4. The molecule has 16 heteroatoms. The molecule has 0 saturated carbocycles. The van der Waals surface area contributed by atoms with Gasteiger partial charge in [-0.25, -0.2) is 10.4 Å². The highest BCUT2D eigenvalue weighted by Crippen LogP contribution is 2.42. The van der Waals surface area contributed by atoms with Crippen LogP contribution in [-0.2, 0) is 52.8 Å². The van der Waals surface area contributed by atoms with E-state index in [9.17, 15) is 24.0 Å². The molecule has 342 valence electrons. The van der Waals surface area contributed by atoms with Crippen molar-refractivity contribution in [2.75, 3.05) is 40.4 Å². The van der Waals surface area contributed by atoms with Crippen LogP contribution in [0, 0.1) is 17.3 Å². The second-order valence-electron chi connectivity index (χ2n) is 18.4. The number of likely N-dealkylation sites (N-methyl/N-ethyl adjacent to an activating group) is 1. The highest BCUT2D eigenvalue weighted by molar-refractivity contribution is 7.10. The predicted molar refractivity (Wildman–Crippen MR) is 246 cm³/mol. The summed E-state index contributed by atoms with van der Waals surface area (Å²) in [6.45, 7) is 17.4. The summed E-state index contributed by atoms with van der Waals surface area (Å²) in [4.78, 5) is 81.9. The average molecular weight is 895 g/mol. The maximum Gasteiger partial charge on any atom is 0.324 e. The third-order valence-corrected chi connectivity index (χ3v) is 13.7. The molecular formula is C48H62N8O7S. The van der Waals surface area contributed by atoms with Crippen LogP contribution in [0.3, 0.4) is 0 Å². The fourth-order valence-corrected chi connectivity index (χ4v) is 10.3. The van der Waals surface area contributed by atoms with E-state index in [-0.39, 0.29) is 43.4 Å². The third kappa shape index (κ3) is 9.50. The number of rotatable bonds is 10. The average Bonchev–Trinajstić information content (AvgIpc) is 4.05. The van der Waals surface area contributed by atoms with Crippen LogP contribution in [0.15, 0.2) is 54.6 Å². The number of fused-ring (bicyclic) bond motifs is 6. The Balaban J connectivity index is 1.27. The number of pyridine rings is 1. The molecule has 0 radical (unpaired) electrons. The van der Waals surface area contributed by atoms with Crippen LogP contribution in [0.1, 0.15) is 83.2 Å². The van der Waals surface area contributed by atoms with Crippen LogP contribution in [0.4, 0.5) is 0 Å². The molecular weight excluding hydrogens is 833 g/mol. The summed E-state index contributed by atoms with van der Waals surface area (Å²) in [6, 6.07) is 7.62. The van der Waals surface area contributed by atoms with Crippen molar-refractivity contribution in [2.45, 2.75) is 104 Å². The summed E-state index contributed by atoms with van der Waals surface area (Å²) in [5, 5.41) is 8.08. The van der Waals surface area contributed by atoms with Gasteiger partial charge >= 0.3 is 5.97 Å². The van der Waals surface area contributed by atoms with Gasteiger partial charge in [0, 0.05) is 85.8 Å². The van der Waals surface area contributed by atoms with Crippen molar-refractivity contribution >= 4 is 51.8 Å². The van der Waals surface area contributed by atoms with E-state index in [2.05, 4.69) is 66.9 Å². The van der Waals surface area contributed by atoms with E-state index in [1.54, 1.807) is 25.3 Å². The lowest BCUT2D eigenvalue weighted by molar-refractivity contribution is -0.155. The van der Waals surface area contributed by atoms with Crippen molar-refractivity contribution < 1.29 is 33.4 Å². The second-order valence-corrected chi connectivity index (χ2v) is 19.3. The Hall–Kier alpha value is -5.45. The number of likely N-dealkylation sites (tertiary alicyclic amines) is 1. The molecule has 2 saturated heterocycles. The summed E-state index contributed by atoms with van der Waals surface area (Å²) < 4.78 is 14.2. The standard InChI is InChI=1S/C48H62N8O7S/c1-10-40(57)54-21-18-31(25-54)45(59)53(8)42(28(3)4)44(58)51-36-23-39-50-37(26-64-39)30-16-17-38-33(22-30)34(43(55(38)11-2)32-14-12-19-49-41(32)29(5)62-9)24-48(6,7)27-63-47(61)35-15-13-20-56(52-35)46(36)60/h10,12,14,16-17,19,22,26,28-29,31,35-36,42,52H,1,11,13,15,18,20-21,23-25,27H2,2-9H3,(H,51,58)/t29-,31-,35-,36-,42-/m0/s1. The van der Waals surface area contributed by atoms with Gasteiger partial charge in [-0.15, -0.1) is 11.3 Å².